The van der Waals surface area contributed by atoms with Crippen molar-refractivity contribution in [2.24, 2.45) is 0 Å². The lowest BCUT2D eigenvalue weighted by atomic mass is 10.0. The molecule has 0 amide bonds. The summed E-state index contributed by atoms with van der Waals surface area (Å²) in [6, 6.07) is 39.4. The molecule has 0 saturated heterocycles. The maximum absolute atomic E-state index is 16.2. The molecule has 9 nitrogen and oxygen atoms in total. The number of hydrogen-bond acceptors (Lipinski definition) is 7. The Morgan fingerprint density at radius 2 is 0.805 bits per heavy atom. The lowest BCUT2D eigenvalue weighted by molar-refractivity contribution is 0.307. The Bertz CT molecular complexity index is 3990. The molecule has 2 aliphatic rings. The van der Waals surface area contributed by atoms with Crippen molar-refractivity contribution in [1.29, 1.82) is 0 Å². The first-order chi connectivity index (χ1) is 37.6. The molecule has 0 atom stereocenters. The van der Waals surface area contributed by atoms with Crippen molar-refractivity contribution >= 4 is 52.2 Å². The second-order valence-corrected chi connectivity index (χ2v) is 18.1. The third-order valence-corrected chi connectivity index (χ3v) is 13.2. The SMILES string of the molecule is Fc1cccc(F)c1-c1c2nc(c(-c3c(F)cccc3F)c3ccc([nH]3)c(-c3c(F)cccc3F)c3nc(c(-c4ccccc4OCc4ccc(N(Cc5ccccn5)Cc5ccccn5)nc4)c4ccc1[nH]4)C=C3)C=C2. The summed E-state index contributed by atoms with van der Waals surface area (Å²) in [4.78, 5) is 32.5. The zero-order chi connectivity index (χ0) is 52.6. The second kappa shape index (κ2) is 20.4. The van der Waals surface area contributed by atoms with E-state index in [1.807, 2.05) is 66.7 Å². The summed E-state index contributed by atoms with van der Waals surface area (Å²) in [5, 5.41) is 0. The fourth-order valence-electron chi connectivity index (χ4n) is 9.73. The number of halogens is 6. The van der Waals surface area contributed by atoms with Crippen LogP contribution in [0.4, 0.5) is 32.2 Å². The van der Waals surface area contributed by atoms with Crippen LogP contribution in [0, 0.1) is 34.9 Å². The number of benzene rings is 4. The molecule has 0 radical (unpaired) electrons. The summed E-state index contributed by atoms with van der Waals surface area (Å²) in [5.41, 5.74) is 3.52. The van der Waals surface area contributed by atoms with Crippen LogP contribution in [-0.4, -0.2) is 34.9 Å². The van der Waals surface area contributed by atoms with Gasteiger partial charge in [0.2, 0.25) is 0 Å². The molecule has 77 heavy (non-hydrogen) atoms. The highest BCUT2D eigenvalue weighted by atomic mass is 19.2. The number of hydrogen-bond donors (Lipinski definition) is 2. The van der Waals surface area contributed by atoms with Gasteiger partial charge in [-0.2, -0.15) is 0 Å². The maximum Gasteiger partial charge on any atom is 0.134 e. The van der Waals surface area contributed by atoms with Crippen LogP contribution < -0.4 is 9.64 Å². The van der Waals surface area contributed by atoms with Gasteiger partial charge in [0, 0.05) is 74.0 Å². The average molecular weight is 1030 g/mol. The molecule has 12 rings (SSSR count). The van der Waals surface area contributed by atoms with Gasteiger partial charge in [0.15, 0.2) is 0 Å². The molecule has 376 valence electrons. The Morgan fingerprint density at radius 3 is 1.22 bits per heavy atom. The highest BCUT2D eigenvalue weighted by Crippen LogP contribution is 2.42. The van der Waals surface area contributed by atoms with Gasteiger partial charge in [0.05, 0.1) is 63.9 Å². The lowest BCUT2D eigenvalue weighted by Gasteiger charge is -2.23. The molecule has 8 heterocycles. The van der Waals surface area contributed by atoms with Gasteiger partial charge in [-0.15, -0.1) is 0 Å². The van der Waals surface area contributed by atoms with E-state index in [0.717, 1.165) is 53.3 Å². The minimum absolute atomic E-state index is 0.00554. The number of nitrogens with zero attached hydrogens (tertiary/aromatic N) is 6. The summed E-state index contributed by atoms with van der Waals surface area (Å²) in [5.74, 6) is -4.30. The molecule has 15 heteroatoms. The molecule has 8 bridgehead atoms. The first kappa shape index (κ1) is 48.1. The van der Waals surface area contributed by atoms with Gasteiger partial charge >= 0.3 is 0 Å². The van der Waals surface area contributed by atoms with Crippen molar-refractivity contribution in [2.75, 3.05) is 4.90 Å². The number of pyridine rings is 3. The summed E-state index contributed by atoms with van der Waals surface area (Å²) >= 11 is 0. The van der Waals surface area contributed by atoms with E-state index in [0.29, 0.717) is 47.0 Å². The molecule has 0 saturated carbocycles. The minimum atomic E-state index is -0.932. The van der Waals surface area contributed by atoms with Gasteiger partial charge in [-0.1, -0.05) is 54.6 Å². The molecule has 4 aromatic carbocycles. The van der Waals surface area contributed by atoms with Crippen molar-refractivity contribution in [3.8, 4) is 50.3 Å². The highest BCUT2D eigenvalue weighted by molar-refractivity contribution is 6.00. The fraction of sp³-hybridized carbons (Fsp3) is 0.0484. The zero-order valence-corrected chi connectivity index (χ0v) is 40.5. The predicted molar refractivity (Wildman–Crippen MR) is 287 cm³/mol. The zero-order valence-electron chi connectivity index (χ0n) is 40.5. The number of rotatable bonds is 12. The lowest BCUT2D eigenvalue weighted by Crippen LogP contribution is -2.24. The van der Waals surface area contributed by atoms with Gasteiger partial charge in [-0.05, 0) is 121 Å². The first-order valence-electron chi connectivity index (χ1n) is 24.4. The summed E-state index contributed by atoms with van der Waals surface area (Å²) in [7, 11) is 0. The average Bonchev–Trinajstić information content (AvgIpc) is 4.32. The molecule has 10 aromatic rings. The van der Waals surface area contributed by atoms with Crippen molar-refractivity contribution in [3.05, 3.63) is 245 Å². The van der Waals surface area contributed by atoms with E-state index in [1.54, 1.807) is 48.9 Å². The number of aromatic nitrogens is 7. The molecule has 2 aliphatic heterocycles. The largest absolute Gasteiger partial charge is 0.488 e. The third-order valence-electron chi connectivity index (χ3n) is 13.2. The number of para-hydroxylation sites is 1. The molecular formula is C62H40F6N8O. The van der Waals surface area contributed by atoms with E-state index in [1.165, 1.54) is 42.5 Å². The highest BCUT2D eigenvalue weighted by Gasteiger charge is 2.26. The van der Waals surface area contributed by atoms with Crippen molar-refractivity contribution in [1.82, 2.24) is 34.9 Å². The number of H-pyrrole nitrogens is 2. The van der Waals surface area contributed by atoms with Crippen LogP contribution >= 0.6 is 0 Å². The summed E-state index contributed by atoms with van der Waals surface area (Å²) < 4.78 is 103. The Labute approximate surface area is 436 Å². The van der Waals surface area contributed by atoms with Crippen LogP contribution in [0.15, 0.2) is 170 Å². The van der Waals surface area contributed by atoms with E-state index >= 15 is 26.3 Å². The van der Waals surface area contributed by atoms with Gasteiger partial charge < -0.3 is 19.6 Å². The molecule has 6 aromatic heterocycles. The van der Waals surface area contributed by atoms with Gasteiger partial charge in [0.1, 0.15) is 53.1 Å². The van der Waals surface area contributed by atoms with Crippen LogP contribution in [-0.2, 0) is 19.7 Å². The number of ether oxygens (including phenoxy) is 1. The first-order valence-corrected chi connectivity index (χ1v) is 24.4. The molecule has 0 aliphatic carbocycles. The van der Waals surface area contributed by atoms with Crippen LogP contribution in [0.2, 0.25) is 0 Å². The minimum Gasteiger partial charge on any atom is -0.488 e. The third kappa shape index (κ3) is 9.39. The van der Waals surface area contributed by atoms with Crippen molar-refractivity contribution < 1.29 is 31.1 Å². The normalized spacial score (nSPS) is 11.8. The quantitative estimate of drug-likeness (QED) is 0.117. The Hall–Kier alpha value is -9.89. The Balaban J connectivity index is 1.06. The van der Waals surface area contributed by atoms with Crippen LogP contribution in [0.25, 0.3) is 90.9 Å². The number of fused-ring (bicyclic) bond motifs is 8. The predicted octanol–water partition coefficient (Wildman–Crippen LogP) is 15.1. The molecule has 0 spiro atoms. The van der Waals surface area contributed by atoms with E-state index in [9.17, 15) is 0 Å². The summed E-state index contributed by atoms with van der Waals surface area (Å²) in [6.07, 6.45) is 11.5. The van der Waals surface area contributed by atoms with Gasteiger partial charge in [0.25, 0.3) is 0 Å². The number of anilines is 1. The number of aromatic amines is 2. The molecule has 0 unspecified atom stereocenters. The smallest absolute Gasteiger partial charge is 0.134 e. The molecule has 0 fully saturated rings. The van der Waals surface area contributed by atoms with Crippen LogP contribution in [0.3, 0.4) is 0 Å². The molecule has 2 N–H and O–H groups in total. The monoisotopic (exact) mass is 1030 g/mol. The summed E-state index contributed by atoms with van der Waals surface area (Å²) in [6.45, 7) is 1.05. The van der Waals surface area contributed by atoms with E-state index in [4.69, 9.17) is 19.7 Å². The fourth-order valence-corrected chi connectivity index (χ4v) is 9.73. The van der Waals surface area contributed by atoms with Crippen molar-refractivity contribution in [2.45, 2.75) is 19.7 Å². The van der Waals surface area contributed by atoms with E-state index < -0.39 is 51.6 Å². The van der Waals surface area contributed by atoms with Crippen LogP contribution in [0.5, 0.6) is 5.75 Å². The van der Waals surface area contributed by atoms with Crippen molar-refractivity contribution in [3.63, 3.8) is 0 Å². The van der Waals surface area contributed by atoms with Gasteiger partial charge in [-0.3, -0.25) is 9.97 Å². The standard InChI is InChI=1S/C62H40F6N8O/c63-40-13-7-14-41(64)57(40)60-48-23-21-46(72-48)56(39-12-1-2-19-54(39)77-35-36-20-29-55(71-32-36)76(33-37-10-3-5-30-69-37)34-38-11-4-6-31-70-38)47-22-24-49(73-47)61(58-42(65)15-8-16-43(58)66)51-26-28-53(75-51)62(52-27-25-50(60)74-52)59-44(67)17-9-18-45(59)68/h1-32,72,75H,33-35H2. The van der Waals surface area contributed by atoms with Gasteiger partial charge in [-0.25, -0.2) is 41.3 Å². The maximum atomic E-state index is 16.2. The van der Waals surface area contributed by atoms with E-state index in [-0.39, 0.29) is 56.9 Å². The molecular weight excluding hydrogens is 987 g/mol. The second-order valence-electron chi connectivity index (χ2n) is 18.1. The Kier molecular flexibility index (Phi) is 12.8. The number of nitrogens with one attached hydrogen (secondary N) is 2. The van der Waals surface area contributed by atoms with E-state index in [2.05, 4.69) is 24.8 Å². The topological polar surface area (TPSA) is 108 Å². The van der Waals surface area contributed by atoms with Crippen LogP contribution in [0.1, 0.15) is 39.7 Å². The Morgan fingerprint density at radius 1 is 0.390 bits per heavy atom.